The summed E-state index contributed by atoms with van der Waals surface area (Å²) in [6.07, 6.45) is 3.01. The molecular formula is C13H13N7O2. The average Bonchev–Trinajstić information content (AvgIpc) is 2.93. The van der Waals surface area contributed by atoms with Crippen LogP contribution >= 0.6 is 0 Å². The van der Waals surface area contributed by atoms with Crippen molar-refractivity contribution in [1.82, 2.24) is 25.1 Å². The summed E-state index contributed by atoms with van der Waals surface area (Å²) in [5.74, 6) is 1.10. The molecule has 0 fully saturated rings. The number of rotatable bonds is 4. The maximum absolute atomic E-state index is 11.1. The van der Waals surface area contributed by atoms with E-state index in [1.807, 2.05) is 6.07 Å². The zero-order valence-corrected chi connectivity index (χ0v) is 11.9. The first kappa shape index (κ1) is 13.7. The summed E-state index contributed by atoms with van der Waals surface area (Å²) < 4.78 is 5.26. The van der Waals surface area contributed by atoms with Crippen molar-refractivity contribution in [2.75, 3.05) is 17.7 Å². The molecule has 0 aromatic carbocycles. The summed E-state index contributed by atoms with van der Waals surface area (Å²) in [5.41, 5.74) is 1.26. The van der Waals surface area contributed by atoms with Crippen molar-refractivity contribution in [3.8, 4) is 5.88 Å². The second kappa shape index (κ2) is 5.64. The normalized spacial score (nSPS) is 10.5. The van der Waals surface area contributed by atoms with Gasteiger partial charge in [-0.1, -0.05) is 0 Å². The average molecular weight is 299 g/mol. The molecule has 0 atom stereocenters. The third kappa shape index (κ3) is 2.77. The Morgan fingerprint density at radius 3 is 2.86 bits per heavy atom. The molecule has 9 nitrogen and oxygen atoms in total. The molecular weight excluding hydrogens is 286 g/mol. The Bertz CT molecular complexity index is 830. The first-order chi connectivity index (χ1) is 10.7. The zero-order chi connectivity index (χ0) is 15.5. The molecule has 0 aliphatic rings. The van der Waals surface area contributed by atoms with Crippen LogP contribution in [-0.4, -0.2) is 38.2 Å². The fraction of sp³-hybridized carbons (Fsp3) is 0.154. The minimum absolute atomic E-state index is 0.205. The number of aromatic amines is 1. The van der Waals surface area contributed by atoms with Gasteiger partial charge in [0.2, 0.25) is 11.8 Å². The van der Waals surface area contributed by atoms with Crippen LogP contribution in [-0.2, 0) is 4.79 Å². The van der Waals surface area contributed by atoms with E-state index in [4.69, 9.17) is 4.74 Å². The topological polar surface area (TPSA) is 118 Å². The highest BCUT2D eigenvalue weighted by Crippen LogP contribution is 2.28. The predicted molar refractivity (Wildman–Crippen MR) is 80.1 cm³/mol. The molecule has 1 amide bonds. The number of aromatic nitrogens is 5. The lowest BCUT2D eigenvalue weighted by molar-refractivity contribution is -0.114. The van der Waals surface area contributed by atoms with E-state index >= 15 is 0 Å². The number of ether oxygens (including phenoxy) is 1. The smallest absolute Gasteiger partial charge is 0.239 e. The lowest BCUT2D eigenvalue weighted by Gasteiger charge is -2.10. The highest BCUT2D eigenvalue weighted by Gasteiger charge is 2.10. The molecule has 0 aliphatic heterocycles. The van der Waals surface area contributed by atoms with Gasteiger partial charge in [-0.2, -0.15) is 10.1 Å². The minimum atomic E-state index is -0.205. The highest BCUT2D eigenvalue weighted by molar-refractivity contribution is 5.88. The third-order valence-electron chi connectivity index (χ3n) is 2.82. The molecule has 3 N–H and O–H groups in total. The predicted octanol–water partition coefficient (Wildman–Crippen LogP) is 1.46. The zero-order valence-electron chi connectivity index (χ0n) is 11.9. The van der Waals surface area contributed by atoms with Gasteiger partial charge in [-0.15, -0.1) is 0 Å². The van der Waals surface area contributed by atoms with E-state index in [0.29, 0.717) is 28.9 Å². The molecule has 3 aromatic heterocycles. The molecule has 3 heterocycles. The van der Waals surface area contributed by atoms with Crippen molar-refractivity contribution in [2.24, 2.45) is 0 Å². The number of H-pyrrole nitrogens is 1. The van der Waals surface area contributed by atoms with Gasteiger partial charge in [0.1, 0.15) is 23.7 Å². The van der Waals surface area contributed by atoms with Crippen LogP contribution in [0.3, 0.4) is 0 Å². The van der Waals surface area contributed by atoms with Gasteiger partial charge in [0.15, 0.2) is 5.65 Å². The van der Waals surface area contributed by atoms with E-state index in [9.17, 15) is 4.79 Å². The quantitative estimate of drug-likeness (QED) is 0.667. The number of carbonyl (C=O) groups is 1. The van der Waals surface area contributed by atoms with Crippen molar-refractivity contribution >= 4 is 34.3 Å². The molecule has 9 heteroatoms. The SMILES string of the molecule is COc1nc2[nH]ncc2cc1Nc1cc(NC(C)=O)ncn1. The fourth-order valence-electron chi connectivity index (χ4n) is 1.92. The summed E-state index contributed by atoms with van der Waals surface area (Å²) in [4.78, 5) is 23.4. The second-order valence-electron chi connectivity index (χ2n) is 4.45. The van der Waals surface area contributed by atoms with E-state index in [1.165, 1.54) is 20.4 Å². The summed E-state index contributed by atoms with van der Waals surface area (Å²) in [6.45, 7) is 1.41. The molecule has 0 aliphatic carbocycles. The van der Waals surface area contributed by atoms with Crippen LogP contribution in [0.5, 0.6) is 5.88 Å². The largest absolute Gasteiger partial charge is 0.479 e. The first-order valence-electron chi connectivity index (χ1n) is 6.40. The Balaban J connectivity index is 1.93. The summed E-state index contributed by atoms with van der Waals surface area (Å²) in [7, 11) is 1.53. The van der Waals surface area contributed by atoms with Crippen molar-refractivity contribution in [1.29, 1.82) is 0 Å². The first-order valence-corrected chi connectivity index (χ1v) is 6.40. The maximum atomic E-state index is 11.1. The summed E-state index contributed by atoms with van der Waals surface area (Å²) >= 11 is 0. The van der Waals surface area contributed by atoms with E-state index in [2.05, 4.69) is 35.8 Å². The molecule has 0 saturated carbocycles. The molecule has 0 bridgehead atoms. The monoisotopic (exact) mass is 299 g/mol. The maximum Gasteiger partial charge on any atom is 0.239 e. The Morgan fingerprint density at radius 2 is 2.09 bits per heavy atom. The molecule has 22 heavy (non-hydrogen) atoms. The summed E-state index contributed by atoms with van der Waals surface area (Å²) in [5, 5.41) is 13.2. The Kier molecular flexibility index (Phi) is 3.52. The lowest BCUT2D eigenvalue weighted by Crippen LogP contribution is -2.08. The number of hydrogen-bond donors (Lipinski definition) is 3. The second-order valence-corrected chi connectivity index (χ2v) is 4.45. The van der Waals surface area contributed by atoms with Gasteiger partial charge in [-0.3, -0.25) is 9.89 Å². The van der Waals surface area contributed by atoms with Gasteiger partial charge in [-0.05, 0) is 6.07 Å². The Morgan fingerprint density at radius 1 is 1.27 bits per heavy atom. The summed E-state index contributed by atoms with van der Waals surface area (Å²) in [6, 6.07) is 3.45. The van der Waals surface area contributed by atoms with E-state index in [1.54, 1.807) is 12.3 Å². The van der Waals surface area contributed by atoms with Crippen LogP contribution in [0.25, 0.3) is 11.0 Å². The van der Waals surface area contributed by atoms with Crippen LogP contribution in [0.15, 0.2) is 24.7 Å². The van der Waals surface area contributed by atoms with Gasteiger partial charge in [0.25, 0.3) is 0 Å². The Labute approximate surface area is 125 Å². The number of pyridine rings is 1. The van der Waals surface area contributed by atoms with Gasteiger partial charge in [0, 0.05) is 18.4 Å². The highest BCUT2D eigenvalue weighted by atomic mass is 16.5. The number of nitrogens with zero attached hydrogens (tertiary/aromatic N) is 4. The number of fused-ring (bicyclic) bond motifs is 1. The van der Waals surface area contributed by atoms with E-state index in [-0.39, 0.29) is 5.91 Å². The number of anilines is 3. The lowest BCUT2D eigenvalue weighted by atomic mass is 10.3. The number of amides is 1. The fourth-order valence-corrected chi connectivity index (χ4v) is 1.92. The van der Waals surface area contributed by atoms with Crippen LogP contribution in [0.1, 0.15) is 6.92 Å². The molecule has 0 unspecified atom stereocenters. The van der Waals surface area contributed by atoms with Gasteiger partial charge in [0.05, 0.1) is 13.3 Å². The molecule has 0 saturated heterocycles. The number of hydrogen-bond acceptors (Lipinski definition) is 7. The van der Waals surface area contributed by atoms with Crippen LogP contribution < -0.4 is 15.4 Å². The van der Waals surface area contributed by atoms with Crippen LogP contribution in [0, 0.1) is 0 Å². The number of methoxy groups -OCH3 is 1. The molecule has 112 valence electrons. The number of nitrogens with one attached hydrogen (secondary N) is 3. The molecule has 3 rings (SSSR count). The van der Waals surface area contributed by atoms with E-state index < -0.39 is 0 Å². The minimum Gasteiger partial charge on any atom is -0.479 e. The van der Waals surface area contributed by atoms with Gasteiger partial charge < -0.3 is 15.4 Å². The van der Waals surface area contributed by atoms with Crippen molar-refractivity contribution < 1.29 is 9.53 Å². The van der Waals surface area contributed by atoms with Gasteiger partial charge >= 0.3 is 0 Å². The molecule has 3 aromatic rings. The van der Waals surface area contributed by atoms with E-state index in [0.717, 1.165) is 5.39 Å². The third-order valence-corrected chi connectivity index (χ3v) is 2.82. The van der Waals surface area contributed by atoms with Gasteiger partial charge in [-0.25, -0.2) is 9.97 Å². The van der Waals surface area contributed by atoms with Crippen molar-refractivity contribution in [2.45, 2.75) is 6.92 Å². The number of carbonyl (C=O) groups excluding carboxylic acids is 1. The van der Waals surface area contributed by atoms with Crippen molar-refractivity contribution in [3.05, 3.63) is 24.7 Å². The molecule has 0 spiro atoms. The van der Waals surface area contributed by atoms with Crippen LogP contribution in [0.2, 0.25) is 0 Å². The standard InChI is InChI=1S/C13H13N7O2/c1-7(21)17-10-4-11(15-6-14-10)18-9-3-8-5-16-20-12(8)19-13(9)22-2/h3-6H,1-2H3,(H,16,19,20)(H2,14,15,17,18,21). The van der Waals surface area contributed by atoms with Crippen molar-refractivity contribution in [3.63, 3.8) is 0 Å². The molecule has 0 radical (unpaired) electrons. The Hall–Kier alpha value is -3.23. The van der Waals surface area contributed by atoms with Crippen LogP contribution in [0.4, 0.5) is 17.3 Å².